The van der Waals surface area contributed by atoms with Crippen molar-refractivity contribution in [1.29, 1.82) is 0 Å². The third kappa shape index (κ3) is 2.71. The van der Waals surface area contributed by atoms with E-state index in [2.05, 4.69) is 5.32 Å². The largest absolute Gasteiger partial charge is 0.490 e. The Morgan fingerprint density at radius 1 is 1.05 bits per heavy atom. The van der Waals surface area contributed by atoms with Gasteiger partial charge in [0.2, 0.25) is 0 Å². The zero-order chi connectivity index (χ0) is 14.9. The van der Waals surface area contributed by atoms with E-state index in [4.69, 9.17) is 14.2 Å². The number of Topliss-reactive ketones (excluding diaryl/α,β-unsaturated/α-hetero) is 1. The molecule has 3 aliphatic heterocycles. The number of rotatable bonds is 2. The highest BCUT2D eigenvalue weighted by atomic mass is 16.5. The van der Waals surface area contributed by atoms with Crippen molar-refractivity contribution in [1.82, 2.24) is 5.32 Å². The van der Waals surface area contributed by atoms with Crippen molar-refractivity contribution in [3.8, 4) is 11.5 Å². The Balaban J connectivity index is 1.54. The molecule has 1 aromatic carbocycles. The zero-order valence-corrected chi connectivity index (χ0v) is 12.5. The molecule has 2 fully saturated rings. The Morgan fingerprint density at radius 3 is 2.55 bits per heavy atom. The van der Waals surface area contributed by atoms with E-state index in [0.29, 0.717) is 44.3 Å². The number of morpholine rings is 1. The molecule has 0 aromatic heterocycles. The Kier molecular flexibility index (Phi) is 3.76. The van der Waals surface area contributed by atoms with Gasteiger partial charge >= 0.3 is 0 Å². The summed E-state index contributed by atoms with van der Waals surface area (Å²) in [6.07, 6.45) is 2.57. The van der Waals surface area contributed by atoms with Crippen LogP contribution >= 0.6 is 0 Å². The molecule has 0 radical (unpaired) electrons. The van der Waals surface area contributed by atoms with E-state index in [-0.39, 0.29) is 11.7 Å². The van der Waals surface area contributed by atoms with Gasteiger partial charge in [-0.25, -0.2) is 0 Å². The van der Waals surface area contributed by atoms with Crippen LogP contribution in [0.2, 0.25) is 0 Å². The van der Waals surface area contributed by atoms with E-state index >= 15 is 0 Å². The third-order valence-corrected chi connectivity index (χ3v) is 4.65. The standard InChI is InChI=1S/C17H21NO4/c19-17(12-6-13-9-20-10-14(7-12)18-13)11-2-3-15-16(8-11)22-5-1-4-21-15/h2-3,8,12-14,18H,1,4-7,9-10H2. The quantitative estimate of drug-likeness (QED) is 0.844. The van der Waals surface area contributed by atoms with Crippen LogP contribution in [0.15, 0.2) is 18.2 Å². The number of benzene rings is 1. The molecule has 118 valence electrons. The second-order valence-corrected chi connectivity index (χ2v) is 6.34. The maximum atomic E-state index is 12.8. The lowest BCUT2D eigenvalue weighted by Gasteiger charge is -2.39. The van der Waals surface area contributed by atoms with Gasteiger partial charge in [0.05, 0.1) is 26.4 Å². The van der Waals surface area contributed by atoms with Gasteiger partial charge in [0.1, 0.15) is 0 Å². The number of fused-ring (bicyclic) bond motifs is 3. The van der Waals surface area contributed by atoms with E-state index in [9.17, 15) is 4.79 Å². The van der Waals surface area contributed by atoms with Crippen LogP contribution in [0.5, 0.6) is 11.5 Å². The molecule has 4 rings (SSSR count). The third-order valence-electron chi connectivity index (χ3n) is 4.65. The predicted molar refractivity (Wildman–Crippen MR) is 80.6 cm³/mol. The highest BCUT2D eigenvalue weighted by Gasteiger charge is 2.35. The maximum Gasteiger partial charge on any atom is 0.166 e. The predicted octanol–water partition coefficient (Wildman–Crippen LogP) is 1.80. The molecule has 3 heterocycles. The van der Waals surface area contributed by atoms with E-state index in [0.717, 1.165) is 30.6 Å². The normalized spacial score (nSPS) is 30.5. The lowest BCUT2D eigenvalue weighted by atomic mass is 9.82. The molecule has 2 bridgehead atoms. The van der Waals surface area contributed by atoms with Gasteiger partial charge < -0.3 is 19.5 Å². The molecule has 5 nitrogen and oxygen atoms in total. The van der Waals surface area contributed by atoms with Crippen LogP contribution in [-0.4, -0.2) is 44.3 Å². The fourth-order valence-corrected chi connectivity index (χ4v) is 3.60. The first-order valence-electron chi connectivity index (χ1n) is 8.07. The number of hydrogen-bond donors (Lipinski definition) is 1. The first-order chi connectivity index (χ1) is 10.8. The number of hydrogen-bond acceptors (Lipinski definition) is 5. The fraction of sp³-hybridized carbons (Fsp3) is 0.588. The second kappa shape index (κ2) is 5.89. The van der Waals surface area contributed by atoms with Gasteiger partial charge in [0, 0.05) is 30.0 Å². The van der Waals surface area contributed by atoms with E-state index in [1.54, 1.807) is 0 Å². The lowest BCUT2D eigenvalue weighted by Crippen LogP contribution is -2.55. The minimum absolute atomic E-state index is 0.0740. The van der Waals surface area contributed by atoms with Crippen molar-refractivity contribution in [3.05, 3.63) is 23.8 Å². The van der Waals surface area contributed by atoms with Crippen molar-refractivity contribution in [3.63, 3.8) is 0 Å². The molecular weight excluding hydrogens is 282 g/mol. The van der Waals surface area contributed by atoms with Gasteiger partial charge in [-0.05, 0) is 31.0 Å². The Hall–Kier alpha value is -1.59. The van der Waals surface area contributed by atoms with Gasteiger partial charge in [-0.15, -0.1) is 0 Å². The van der Waals surface area contributed by atoms with Crippen LogP contribution in [0, 0.1) is 5.92 Å². The molecule has 2 saturated heterocycles. The highest BCUT2D eigenvalue weighted by Crippen LogP contribution is 2.33. The van der Waals surface area contributed by atoms with Crippen molar-refractivity contribution in [2.45, 2.75) is 31.3 Å². The summed E-state index contributed by atoms with van der Waals surface area (Å²) in [5.41, 5.74) is 0.732. The second-order valence-electron chi connectivity index (χ2n) is 6.34. The summed E-state index contributed by atoms with van der Waals surface area (Å²) in [6, 6.07) is 6.18. The van der Waals surface area contributed by atoms with E-state index in [1.807, 2.05) is 18.2 Å². The van der Waals surface area contributed by atoms with Crippen molar-refractivity contribution < 1.29 is 19.0 Å². The maximum absolute atomic E-state index is 12.8. The average Bonchev–Trinajstić information content (AvgIpc) is 2.78. The summed E-state index contributed by atoms with van der Waals surface area (Å²) >= 11 is 0. The summed E-state index contributed by atoms with van der Waals surface area (Å²) in [5, 5.41) is 3.53. The molecule has 0 amide bonds. The summed E-state index contributed by atoms with van der Waals surface area (Å²) in [7, 11) is 0. The van der Waals surface area contributed by atoms with Crippen LogP contribution < -0.4 is 14.8 Å². The van der Waals surface area contributed by atoms with Crippen molar-refractivity contribution in [2.24, 2.45) is 5.92 Å². The smallest absolute Gasteiger partial charge is 0.166 e. The molecule has 22 heavy (non-hydrogen) atoms. The summed E-state index contributed by atoms with van der Waals surface area (Å²) < 4.78 is 16.9. The molecule has 0 saturated carbocycles. The Bertz CT molecular complexity index is 562. The molecule has 1 aromatic rings. The first-order valence-corrected chi connectivity index (χ1v) is 8.07. The fourth-order valence-electron chi connectivity index (χ4n) is 3.60. The van der Waals surface area contributed by atoms with Crippen LogP contribution in [0.25, 0.3) is 0 Å². The lowest BCUT2D eigenvalue weighted by molar-refractivity contribution is 0.00952. The highest BCUT2D eigenvalue weighted by molar-refractivity contribution is 5.98. The minimum atomic E-state index is 0.0740. The molecule has 0 spiro atoms. The van der Waals surface area contributed by atoms with Crippen LogP contribution in [0.3, 0.4) is 0 Å². The van der Waals surface area contributed by atoms with E-state index in [1.165, 1.54) is 0 Å². The molecule has 1 N–H and O–H groups in total. The molecule has 2 atom stereocenters. The van der Waals surface area contributed by atoms with Gasteiger partial charge in [-0.1, -0.05) is 0 Å². The average molecular weight is 303 g/mol. The van der Waals surface area contributed by atoms with Crippen LogP contribution in [0.1, 0.15) is 29.6 Å². The number of carbonyl (C=O) groups is 1. The van der Waals surface area contributed by atoms with Crippen molar-refractivity contribution >= 4 is 5.78 Å². The topological polar surface area (TPSA) is 56.8 Å². The number of ketones is 1. The van der Waals surface area contributed by atoms with Crippen molar-refractivity contribution in [2.75, 3.05) is 26.4 Å². The number of piperidine rings is 1. The van der Waals surface area contributed by atoms with Gasteiger partial charge in [0.15, 0.2) is 17.3 Å². The molecular formula is C17H21NO4. The van der Waals surface area contributed by atoms with Gasteiger partial charge in [-0.3, -0.25) is 4.79 Å². The van der Waals surface area contributed by atoms with Crippen LogP contribution in [0.4, 0.5) is 0 Å². The van der Waals surface area contributed by atoms with Gasteiger partial charge in [0.25, 0.3) is 0 Å². The van der Waals surface area contributed by atoms with Crippen LogP contribution in [-0.2, 0) is 4.74 Å². The molecule has 5 heteroatoms. The number of ether oxygens (including phenoxy) is 3. The first kappa shape index (κ1) is 14.0. The zero-order valence-electron chi connectivity index (χ0n) is 12.5. The number of carbonyl (C=O) groups excluding carboxylic acids is 1. The minimum Gasteiger partial charge on any atom is -0.490 e. The summed E-state index contributed by atoms with van der Waals surface area (Å²) in [5.74, 6) is 1.73. The summed E-state index contributed by atoms with van der Waals surface area (Å²) in [4.78, 5) is 12.8. The molecule has 2 unspecified atom stereocenters. The Labute approximate surface area is 129 Å². The summed E-state index contributed by atoms with van der Waals surface area (Å²) in [6.45, 7) is 2.72. The Morgan fingerprint density at radius 2 is 1.77 bits per heavy atom. The van der Waals surface area contributed by atoms with E-state index < -0.39 is 0 Å². The monoisotopic (exact) mass is 303 g/mol. The molecule has 0 aliphatic carbocycles. The van der Waals surface area contributed by atoms with Gasteiger partial charge in [-0.2, -0.15) is 0 Å². The number of nitrogens with one attached hydrogen (secondary N) is 1. The SMILES string of the molecule is O=C(c1ccc2c(c1)OCCCO2)C1CC2COCC(C1)N2. The molecule has 3 aliphatic rings.